The van der Waals surface area contributed by atoms with E-state index in [1.165, 1.54) is 21.7 Å². The summed E-state index contributed by atoms with van der Waals surface area (Å²) in [5.74, 6) is 1.82. The van der Waals surface area contributed by atoms with E-state index in [0.717, 1.165) is 42.4 Å². The van der Waals surface area contributed by atoms with E-state index in [9.17, 15) is 0 Å². The Morgan fingerprint density at radius 2 is 2.00 bits per heavy atom. The number of aryl methyl sites for hydroxylation is 2. The van der Waals surface area contributed by atoms with Crippen LogP contribution in [0.15, 0.2) is 47.6 Å². The van der Waals surface area contributed by atoms with Gasteiger partial charge in [-0.3, -0.25) is 0 Å². The monoisotopic (exact) mass is 409 g/mol. The van der Waals surface area contributed by atoms with Gasteiger partial charge in [0.15, 0.2) is 0 Å². The number of nitrogens with one attached hydrogen (secondary N) is 1. The molecule has 152 valence electrons. The summed E-state index contributed by atoms with van der Waals surface area (Å²) < 4.78 is 10.9. The molecule has 29 heavy (non-hydrogen) atoms. The van der Waals surface area contributed by atoms with Crippen LogP contribution in [0, 0.1) is 13.8 Å². The standard InChI is InChI=1S/C23H27N3O2S/c1-15-11-17(5-8-21(15)28-4)22-9-10-26(13-19-16(2)24-14-25-19)20-7-6-18(27-3)12-23(20)29-22/h5-8,11-12,14,22H,9-10,13H2,1-4H3,(H,24,25)/t22-/m1/s1. The molecule has 1 atom stereocenters. The number of H-pyrrole nitrogens is 1. The van der Waals surface area contributed by atoms with Gasteiger partial charge in [0.2, 0.25) is 0 Å². The van der Waals surface area contributed by atoms with Crippen molar-refractivity contribution in [2.75, 3.05) is 25.7 Å². The summed E-state index contributed by atoms with van der Waals surface area (Å²) in [6.45, 7) is 5.94. The molecule has 0 amide bonds. The van der Waals surface area contributed by atoms with Crippen molar-refractivity contribution in [3.05, 3.63) is 65.2 Å². The molecule has 6 heteroatoms. The number of rotatable bonds is 5. The van der Waals surface area contributed by atoms with Crippen LogP contribution in [0.5, 0.6) is 11.5 Å². The fourth-order valence-corrected chi connectivity index (χ4v) is 5.13. The predicted octanol–water partition coefficient (Wildman–Crippen LogP) is 5.29. The van der Waals surface area contributed by atoms with Gasteiger partial charge >= 0.3 is 0 Å². The van der Waals surface area contributed by atoms with E-state index in [1.54, 1.807) is 20.5 Å². The van der Waals surface area contributed by atoms with Crippen LogP contribution in [0.1, 0.15) is 34.2 Å². The van der Waals surface area contributed by atoms with Crippen molar-refractivity contribution in [1.29, 1.82) is 0 Å². The van der Waals surface area contributed by atoms with E-state index in [-0.39, 0.29) is 0 Å². The van der Waals surface area contributed by atoms with Crippen LogP contribution in [-0.2, 0) is 6.54 Å². The van der Waals surface area contributed by atoms with E-state index in [0.29, 0.717) is 5.25 Å². The van der Waals surface area contributed by atoms with E-state index in [2.05, 4.69) is 59.0 Å². The average molecular weight is 410 g/mol. The van der Waals surface area contributed by atoms with Crippen LogP contribution in [0.2, 0.25) is 0 Å². The topological polar surface area (TPSA) is 50.4 Å². The number of hydrogen-bond donors (Lipinski definition) is 1. The normalized spacial score (nSPS) is 16.3. The minimum atomic E-state index is 0.371. The highest BCUT2D eigenvalue weighted by atomic mass is 32.2. The molecule has 0 saturated carbocycles. The summed E-state index contributed by atoms with van der Waals surface area (Å²) in [6, 6.07) is 12.9. The Balaban J connectivity index is 1.68. The summed E-state index contributed by atoms with van der Waals surface area (Å²) in [5, 5.41) is 0.371. The van der Waals surface area contributed by atoms with Gasteiger partial charge in [-0.25, -0.2) is 4.98 Å². The number of aromatic nitrogens is 2. The number of aromatic amines is 1. The number of anilines is 1. The Hall–Kier alpha value is -2.60. The number of benzene rings is 2. The van der Waals surface area contributed by atoms with E-state index in [4.69, 9.17) is 9.47 Å². The first kappa shape index (κ1) is 19.7. The van der Waals surface area contributed by atoms with Gasteiger partial charge in [-0.2, -0.15) is 0 Å². The quantitative estimate of drug-likeness (QED) is 0.621. The third-order valence-electron chi connectivity index (χ3n) is 5.50. The lowest BCUT2D eigenvalue weighted by Crippen LogP contribution is -2.24. The molecule has 2 heterocycles. The van der Waals surface area contributed by atoms with E-state index >= 15 is 0 Å². The highest BCUT2D eigenvalue weighted by Gasteiger charge is 2.25. The average Bonchev–Trinajstić information content (AvgIpc) is 3.04. The summed E-state index contributed by atoms with van der Waals surface area (Å²) >= 11 is 1.91. The number of ether oxygens (including phenoxy) is 2. The van der Waals surface area contributed by atoms with Crippen LogP contribution < -0.4 is 14.4 Å². The summed E-state index contributed by atoms with van der Waals surface area (Å²) in [5.41, 5.74) is 5.96. The number of hydrogen-bond acceptors (Lipinski definition) is 5. The lowest BCUT2D eigenvalue weighted by atomic mass is 10.1. The SMILES string of the molecule is COc1ccc2c(c1)S[C@@H](c1ccc(OC)c(C)c1)CCN2Cc1nc[nH]c1C. The van der Waals surface area contributed by atoms with Gasteiger partial charge < -0.3 is 19.4 Å². The molecule has 0 unspecified atom stereocenters. The molecular weight excluding hydrogens is 382 g/mol. The molecule has 3 aromatic rings. The van der Waals surface area contributed by atoms with Crippen molar-refractivity contribution in [1.82, 2.24) is 9.97 Å². The Morgan fingerprint density at radius 3 is 2.69 bits per heavy atom. The van der Waals surface area contributed by atoms with Crippen molar-refractivity contribution >= 4 is 17.4 Å². The van der Waals surface area contributed by atoms with Gasteiger partial charge in [-0.15, -0.1) is 11.8 Å². The maximum absolute atomic E-state index is 5.51. The van der Waals surface area contributed by atoms with Crippen LogP contribution in [0.25, 0.3) is 0 Å². The molecule has 2 aromatic carbocycles. The first-order valence-electron chi connectivity index (χ1n) is 9.82. The number of imidazole rings is 1. The molecular formula is C23H27N3O2S. The third-order valence-corrected chi connectivity index (χ3v) is 6.88. The number of methoxy groups -OCH3 is 2. The minimum Gasteiger partial charge on any atom is -0.497 e. The molecule has 0 radical (unpaired) electrons. The zero-order chi connectivity index (χ0) is 20.4. The smallest absolute Gasteiger partial charge is 0.121 e. The van der Waals surface area contributed by atoms with Crippen molar-refractivity contribution < 1.29 is 9.47 Å². The van der Waals surface area contributed by atoms with E-state index in [1.807, 2.05) is 17.8 Å². The van der Waals surface area contributed by atoms with Gasteiger partial charge in [0.05, 0.1) is 38.5 Å². The summed E-state index contributed by atoms with van der Waals surface area (Å²) in [4.78, 5) is 11.4. The molecule has 0 spiro atoms. The molecule has 0 saturated heterocycles. The highest BCUT2D eigenvalue weighted by molar-refractivity contribution is 7.99. The Bertz CT molecular complexity index is 1000. The first-order valence-corrected chi connectivity index (χ1v) is 10.7. The van der Waals surface area contributed by atoms with Gasteiger partial charge in [-0.1, -0.05) is 12.1 Å². The number of thioether (sulfide) groups is 1. The Labute approximate surface area is 176 Å². The fourth-order valence-electron chi connectivity index (χ4n) is 3.81. The second kappa shape index (κ2) is 8.41. The molecule has 5 nitrogen and oxygen atoms in total. The molecule has 1 aliphatic heterocycles. The van der Waals surface area contributed by atoms with Crippen LogP contribution >= 0.6 is 11.8 Å². The van der Waals surface area contributed by atoms with Gasteiger partial charge in [-0.05, 0) is 55.7 Å². The molecule has 0 fully saturated rings. The van der Waals surface area contributed by atoms with Gasteiger partial charge in [0.25, 0.3) is 0 Å². The highest BCUT2D eigenvalue weighted by Crippen LogP contribution is 2.47. The Kier molecular flexibility index (Phi) is 5.72. The summed E-state index contributed by atoms with van der Waals surface area (Å²) in [6.07, 6.45) is 2.83. The lowest BCUT2D eigenvalue weighted by molar-refractivity contribution is 0.411. The zero-order valence-electron chi connectivity index (χ0n) is 17.4. The minimum absolute atomic E-state index is 0.371. The molecule has 1 aromatic heterocycles. The van der Waals surface area contributed by atoms with Gasteiger partial charge in [0, 0.05) is 22.4 Å². The second-order valence-electron chi connectivity index (χ2n) is 7.35. The van der Waals surface area contributed by atoms with E-state index < -0.39 is 0 Å². The number of nitrogens with zero attached hydrogens (tertiary/aromatic N) is 2. The van der Waals surface area contributed by atoms with Crippen molar-refractivity contribution in [2.24, 2.45) is 0 Å². The largest absolute Gasteiger partial charge is 0.497 e. The van der Waals surface area contributed by atoms with Crippen molar-refractivity contribution in [2.45, 2.75) is 37.0 Å². The molecule has 0 aliphatic carbocycles. The maximum Gasteiger partial charge on any atom is 0.121 e. The van der Waals surface area contributed by atoms with Crippen LogP contribution in [-0.4, -0.2) is 30.7 Å². The number of fused-ring (bicyclic) bond motifs is 1. The maximum atomic E-state index is 5.51. The second-order valence-corrected chi connectivity index (χ2v) is 8.60. The predicted molar refractivity (Wildman–Crippen MR) is 118 cm³/mol. The molecule has 1 aliphatic rings. The van der Waals surface area contributed by atoms with Crippen molar-refractivity contribution in [3.8, 4) is 11.5 Å². The van der Waals surface area contributed by atoms with Crippen molar-refractivity contribution in [3.63, 3.8) is 0 Å². The Morgan fingerprint density at radius 1 is 1.14 bits per heavy atom. The molecule has 4 rings (SSSR count). The zero-order valence-corrected chi connectivity index (χ0v) is 18.2. The molecule has 1 N–H and O–H groups in total. The summed E-state index contributed by atoms with van der Waals surface area (Å²) in [7, 11) is 3.44. The van der Waals surface area contributed by atoms with Gasteiger partial charge in [0.1, 0.15) is 11.5 Å². The third kappa shape index (κ3) is 4.08. The lowest BCUT2D eigenvalue weighted by Gasteiger charge is -2.24. The fraction of sp³-hybridized carbons (Fsp3) is 0.348. The van der Waals surface area contributed by atoms with Crippen LogP contribution in [0.4, 0.5) is 5.69 Å². The molecule has 0 bridgehead atoms. The first-order chi connectivity index (χ1) is 14.1. The van der Waals surface area contributed by atoms with Crippen LogP contribution in [0.3, 0.4) is 0 Å².